The van der Waals surface area contributed by atoms with Crippen LogP contribution < -0.4 is 10.9 Å². The predicted octanol–water partition coefficient (Wildman–Crippen LogP) is 3.64. The van der Waals surface area contributed by atoms with E-state index in [1.165, 1.54) is 10.9 Å². The molecule has 7 nitrogen and oxygen atoms in total. The van der Waals surface area contributed by atoms with Crippen LogP contribution in [0.15, 0.2) is 78.0 Å². The minimum atomic E-state index is -0.281. The highest BCUT2D eigenvalue weighted by Gasteiger charge is 2.20. The normalized spacial score (nSPS) is 11.8. The zero-order valence-electron chi connectivity index (χ0n) is 18.5. The van der Waals surface area contributed by atoms with Crippen molar-refractivity contribution in [2.24, 2.45) is 0 Å². The first-order valence-electron chi connectivity index (χ1n) is 10.7. The van der Waals surface area contributed by atoms with Gasteiger partial charge in [-0.15, -0.1) is 0 Å². The molecule has 0 radical (unpaired) electrons. The van der Waals surface area contributed by atoms with Crippen molar-refractivity contribution in [2.75, 3.05) is 0 Å². The van der Waals surface area contributed by atoms with Gasteiger partial charge in [-0.25, -0.2) is 9.67 Å². The van der Waals surface area contributed by atoms with Gasteiger partial charge in [0.05, 0.1) is 24.1 Å². The van der Waals surface area contributed by atoms with Gasteiger partial charge in [0.2, 0.25) is 5.91 Å². The number of nitrogens with one attached hydrogen (secondary N) is 1. The molecule has 0 aliphatic carbocycles. The number of carbonyl (C=O) groups excluding carboxylic acids is 1. The quantitative estimate of drug-likeness (QED) is 0.507. The fraction of sp³-hybridized carbons (Fsp3) is 0.280. The molecule has 164 valence electrons. The first-order chi connectivity index (χ1) is 15.3. The Kier molecular flexibility index (Phi) is 5.90. The van der Waals surface area contributed by atoms with Crippen LogP contribution in [-0.4, -0.2) is 25.2 Å². The molecular weight excluding hydrogens is 402 g/mol. The van der Waals surface area contributed by atoms with Crippen molar-refractivity contribution in [2.45, 2.75) is 45.3 Å². The zero-order valence-corrected chi connectivity index (χ0v) is 18.5. The van der Waals surface area contributed by atoms with Crippen LogP contribution in [0.1, 0.15) is 44.4 Å². The molecule has 2 heterocycles. The zero-order chi connectivity index (χ0) is 22.7. The molecule has 0 atom stereocenters. The second-order valence-electron chi connectivity index (χ2n) is 8.78. The summed E-state index contributed by atoms with van der Waals surface area (Å²) in [5.41, 5.74) is 2.08. The molecule has 2 aromatic heterocycles. The van der Waals surface area contributed by atoms with E-state index in [1.54, 1.807) is 10.9 Å². The molecule has 4 rings (SSSR count). The Bertz CT molecular complexity index is 1230. The SMILES string of the molecule is CC(C)(C)n1ncc2c(=O)n(CCC(=O)NC(c3ccccc3)c3ccccc3)cnc21. The van der Waals surface area contributed by atoms with E-state index in [1.807, 2.05) is 81.4 Å². The van der Waals surface area contributed by atoms with Gasteiger partial charge in [0, 0.05) is 13.0 Å². The summed E-state index contributed by atoms with van der Waals surface area (Å²) in [4.78, 5) is 30.1. The summed E-state index contributed by atoms with van der Waals surface area (Å²) in [6.07, 6.45) is 3.21. The van der Waals surface area contributed by atoms with Gasteiger partial charge in [-0.3, -0.25) is 14.2 Å². The topological polar surface area (TPSA) is 81.8 Å². The number of aryl methyl sites for hydroxylation is 1. The lowest BCUT2D eigenvalue weighted by Gasteiger charge is -2.20. The second-order valence-corrected chi connectivity index (χ2v) is 8.78. The number of fused-ring (bicyclic) bond motifs is 1. The highest BCUT2D eigenvalue weighted by molar-refractivity contribution is 5.77. The number of benzene rings is 2. The Morgan fingerprint density at radius 1 is 1.00 bits per heavy atom. The molecule has 4 aromatic rings. The summed E-state index contributed by atoms with van der Waals surface area (Å²) in [7, 11) is 0. The Balaban J connectivity index is 1.51. The lowest BCUT2D eigenvalue weighted by atomic mass is 9.98. The van der Waals surface area contributed by atoms with Crippen molar-refractivity contribution < 1.29 is 4.79 Å². The maximum absolute atomic E-state index is 12.9. The maximum Gasteiger partial charge on any atom is 0.264 e. The van der Waals surface area contributed by atoms with E-state index in [0.717, 1.165) is 11.1 Å². The molecule has 0 aliphatic rings. The van der Waals surface area contributed by atoms with E-state index in [4.69, 9.17) is 0 Å². The highest BCUT2D eigenvalue weighted by Crippen LogP contribution is 2.22. The molecule has 32 heavy (non-hydrogen) atoms. The third-order valence-corrected chi connectivity index (χ3v) is 5.34. The van der Waals surface area contributed by atoms with E-state index in [9.17, 15) is 9.59 Å². The summed E-state index contributed by atoms with van der Waals surface area (Å²) < 4.78 is 3.21. The standard InChI is InChI=1S/C25H27N5O2/c1-25(2,3)30-23-20(16-27-30)24(32)29(17-26-23)15-14-21(31)28-22(18-10-6-4-7-11-18)19-12-8-5-9-13-19/h4-13,16-17,22H,14-15H2,1-3H3,(H,28,31). The van der Waals surface area contributed by atoms with Crippen LogP contribution in [0.25, 0.3) is 11.0 Å². The molecular formula is C25H27N5O2. The number of carbonyl (C=O) groups is 1. The van der Waals surface area contributed by atoms with E-state index < -0.39 is 0 Å². The van der Waals surface area contributed by atoms with Crippen molar-refractivity contribution in [1.82, 2.24) is 24.6 Å². The molecule has 0 aliphatic heterocycles. The van der Waals surface area contributed by atoms with E-state index in [-0.39, 0.29) is 36.0 Å². The average molecular weight is 430 g/mol. The van der Waals surface area contributed by atoms with E-state index in [0.29, 0.717) is 11.0 Å². The monoisotopic (exact) mass is 429 g/mol. The number of aromatic nitrogens is 4. The van der Waals surface area contributed by atoms with Gasteiger partial charge in [0.25, 0.3) is 5.56 Å². The third-order valence-electron chi connectivity index (χ3n) is 5.34. The Hall–Kier alpha value is -3.74. The molecule has 0 bridgehead atoms. The Morgan fingerprint density at radius 2 is 1.59 bits per heavy atom. The van der Waals surface area contributed by atoms with Gasteiger partial charge < -0.3 is 5.32 Å². The van der Waals surface area contributed by atoms with Crippen LogP contribution >= 0.6 is 0 Å². The second kappa shape index (κ2) is 8.78. The minimum absolute atomic E-state index is 0.139. The molecule has 0 fully saturated rings. The average Bonchev–Trinajstić information content (AvgIpc) is 3.24. The Labute approximate surface area is 186 Å². The van der Waals surface area contributed by atoms with Crippen LogP contribution in [0, 0.1) is 0 Å². The number of nitrogens with zero attached hydrogens (tertiary/aromatic N) is 4. The van der Waals surface area contributed by atoms with Gasteiger partial charge in [0.1, 0.15) is 5.39 Å². The first kappa shape index (κ1) is 21.5. The minimum Gasteiger partial charge on any atom is -0.345 e. The molecule has 1 N–H and O–H groups in total. The molecule has 0 saturated heterocycles. The van der Waals surface area contributed by atoms with Gasteiger partial charge >= 0.3 is 0 Å². The first-order valence-corrected chi connectivity index (χ1v) is 10.7. The van der Waals surface area contributed by atoms with Crippen LogP contribution in [0.2, 0.25) is 0 Å². The molecule has 1 amide bonds. The third kappa shape index (κ3) is 4.46. The molecule has 0 saturated carbocycles. The van der Waals surface area contributed by atoms with Gasteiger partial charge in [-0.1, -0.05) is 60.7 Å². The number of hydrogen-bond acceptors (Lipinski definition) is 4. The summed E-state index contributed by atoms with van der Waals surface area (Å²) >= 11 is 0. The van der Waals surface area contributed by atoms with Crippen LogP contribution in [-0.2, 0) is 16.9 Å². The molecule has 0 spiro atoms. The fourth-order valence-corrected chi connectivity index (χ4v) is 3.70. The highest BCUT2D eigenvalue weighted by atomic mass is 16.2. The van der Waals surface area contributed by atoms with E-state index in [2.05, 4.69) is 15.4 Å². The van der Waals surface area contributed by atoms with Crippen molar-refractivity contribution in [3.05, 3.63) is 94.7 Å². The summed E-state index contributed by atoms with van der Waals surface area (Å²) in [6.45, 7) is 6.26. The van der Waals surface area contributed by atoms with Gasteiger partial charge in [0.15, 0.2) is 5.65 Å². The summed E-state index contributed by atoms with van der Waals surface area (Å²) in [5, 5.41) is 7.89. The number of rotatable bonds is 6. The summed E-state index contributed by atoms with van der Waals surface area (Å²) in [6, 6.07) is 19.4. The Morgan fingerprint density at radius 3 is 2.16 bits per heavy atom. The van der Waals surface area contributed by atoms with Crippen molar-refractivity contribution >= 4 is 16.9 Å². The lowest BCUT2D eigenvalue weighted by Crippen LogP contribution is -2.31. The molecule has 7 heteroatoms. The van der Waals surface area contributed by atoms with Crippen molar-refractivity contribution in [3.63, 3.8) is 0 Å². The summed E-state index contributed by atoms with van der Waals surface area (Å²) in [5.74, 6) is -0.139. The number of amides is 1. The van der Waals surface area contributed by atoms with Gasteiger partial charge in [-0.05, 0) is 31.9 Å². The van der Waals surface area contributed by atoms with E-state index >= 15 is 0 Å². The predicted molar refractivity (Wildman–Crippen MR) is 124 cm³/mol. The fourth-order valence-electron chi connectivity index (χ4n) is 3.70. The van der Waals surface area contributed by atoms with Crippen molar-refractivity contribution in [3.8, 4) is 0 Å². The smallest absolute Gasteiger partial charge is 0.264 e. The van der Waals surface area contributed by atoms with Crippen molar-refractivity contribution in [1.29, 1.82) is 0 Å². The lowest BCUT2D eigenvalue weighted by molar-refractivity contribution is -0.121. The van der Waals surface area contributed by atoms with Crippen LogP contribution in [0.4, 0.5) is 0 Å². The van der Waals surface area contributed by atoms with Gasteiger partial charge in [-0.2, -0.15) is 5.10 Å². The number of hydrogen-bond donors (Lipinski definition) is 1. The van der Waals surface area contributed by atoms with Crippen LogP contribution in [0.3, 0.4) is 0 Å². The largest absolute Gasteiger partial charge is 0.345 e. The maximum atomic E-state index is 12.9. The molecule has 2 aromatic carbocycles. The van der Waals surface area contributed by atoms with Crippen LogP contribution in [0.5, 0.6) is 0 Å². The molecule has 0 unspecified atom stereocenters.